The van der Waals surface area contributed by atoms with Gasteiger partial charge in [-0.15, -0.1) is 0 Å². The van der Waals surface area contributed by atoms with E-state index >= 15 is 0 Å². The summed E-state index contributed by atoms with van der Waals surface area (Å²) >= 11 is 1.44. The highest BCUT2D eigenvalue weighted by Crippen LogP contribution is 2.46. The van der Waals surface area contributed by atoms with Crippen LogP contribution in [0.3, 0.4) is 0 Å². The van der Waals surface area contributed by atoms with Crippen LogP contribution in [0.1, 0.15) is 24.9 Å². The second kappa shape index (κ2) is 13.1. The highest BCUT2D eigenvalue weighted by molar-refractivity contribution is 8.16. The standard InChI is InChI=1S/C26H34N4O6S/c1-18-23(25(32)36-15-14-33-2)24(20-6-4-5-7-21(20)34-3)30-19(17-37-26(30)28-18)16-22(31)27-8-9-29-10-12-35-13-11-29/h4-7,17,24H,8-16H2,1-3H3,(H,27,31)/t24-/m1/s1. The van der Waals surface area contributed by atoms with Crippen LogP contribution in [-0.4, -0.2) is 93.7 Å². The summed E-state index contributed by atoms with van der Waals surface area (Å²) < 4.78 is 21.6. The van der Waals surface area contributed by atoms with Crippen LogP contribution in [0.5, 0.6) is 5.75 Å². The lowest BCUT2D eigenvalue weighted by molar-refractivity contribution is -0.141. The molecular formula is C26H34N4O6S. The molecule has 0 unspecified atom stereocenters. The number of methoxy groups -OCH3 is 2. The van der Waals surface area contributed by atoms with E-state index in [-0.39, 0.29) is 18.9 Å². The van der Waals surface area contributed by atoms with Crippen molar-refractivity contribution < 1.29 is 28.5 Å². The molecule has 3 heterocycles. The summed E-state index contributed by atoms with van der Waals surface area (Å²) in [5.41, 5.74) is 2.53. The molecule has 0 spiro atoms. The first-order chi connectivity index (χ1) is 18.0. The molecule has 1 N–H and O–H groups in total. The molecule has 1 saturated heterocycles. The summed E-state index contributed by atoms with van der Waals surface area (Å²) in [4.78, 5) is 35.1. The molecule has 0 aliphatic carbocycles. The number of para-hydroxylation sites is 1. The lowest BCUT2D eigenvalue weighted by Gasteiger charge is -2.36. The fraction of sp³-hybridized carbons (Fsp3) is 0.500. The summed E-state index contributed by atoms with van der Waals surface area (Å²) in [6.45, 7) is 6.77. The van der Waals surface area contributed by atoms with E-state index in [9.17, 15) is 9.59 Å². The first-order valence-corrected chi connectivity index (χ1v) is 13.2. The van der Waals surface area contributed by atoms with E-state index in [1.807, 2.05) is 34.6 Å². The van der Waals surface area contributed by atoms with Crippen molar-refractivity contribution in [2.24, 2.45) is 4.99 Å². The van der Waals surface area contributed by atoms with Crippen LogP contribution in [0.25, 0.3) is 0 Å². The first-order valence-electron chi connectivity index (χ1n) is 12.3. The van der Waals surface area contributed by atoms with Crippen LogP contribution in [0, 0.1) is 0 Å². The molecule has 3 aliphatic heterocycles. The fourth-order valence-electron chi connectivity index (χ4n) is 4.52. The Hall–Kier alpha value is -2.86. The Kier molecular flexibility index (Phi) is 9.62. The predicted molar refractivity (Wildman–Crippen MR) is 141 cm³/mol. The summed E-state index contributed by atoms with van der Waals surface area (Å²) in [5.74, 6) is 0.0741. The predicted octanol–water partition coefficient (Wildman–Crippen LogP) is 2.30. The molecule has 4 rings (SSSR count). The number of amides is 1. The second-order valence-corrected chi connectivity index (χ2v) is 9.58. The highest BCUT2D eigenvalue weighted by atomic mass is 32.2. The number of hydrogen-bond donors (Lipinski definition) is 1. The molecule has 0 radical (unpaired) electrons. The van der Waals surface area contributed by atoms with Gasteiger partial charge in [-0.05, 0) is 18.4 Å². The van der Waals surface area contributed by atoms with Gasteiger partial charge in [-0.1, -0.05) is 30.0 Å². The number of carbonyl (C=O) groups is 2. The zero-order valence-electron chi connectivity index (χ0n) is 21.5. The third-order valence-electron chi connectivity index (χ3n) is 6.37. The number of benzene rings is 1. The van der Waals surface area contributed by atoms with Gasteiger partial charge in [0.15, 0.2) is 5.17 Å². The maximum Gasteiger partial charge on any atom is 0.338 e. The topological polar surface area (TPSA) is 102 Å². The SMILES string of the molecule is COCCOC(=O)C1=C(C)N=C2SC=C(CC(=O)NCCN3CCOCC3)N2[C@@H]1c1ccccc1OC. The molecule has 1 fully saturated rings. The number of hydrogen-bond acceptors (Lipinski definition) is 10. The number of thioether (sulfide) groups is 1. The van der Waals surface area contributed by atoms with E-state index < -0.39 is 12.0 Å². The summed E-state index contributed by atoms with van der Waals surface area (Å²) in [5, 5.41) is 5.66. The number of allylic oxidation sites excluding steroid dienone is 1. The Labute approximate surface area is 221 Å². The molecule has 0 bridgehead atoms. The summed E-state index contributed by atoms with van der Waals surface area (Å²) in [7, 11) is 3.15. The minimum Gasteiger partial charge on any atom is -0.496 e. The molecule has 200 valence electrons. The van der Waals surface area contributed by atoms with E-state index in [0.717, 1.165) is 44.1 Å². The number of fused-ring (bicyclic) bond motifs is 1. The molecule has 1 aromatic carbocycles. The van der Waals surface area contributed by atoms with Gasteiger partial charge < -0.3 is 29.2 Å². The lowest BCUT2D eigenvalue weighted by Crippen LogP contribution is -2.42. The highest BCUT2D eigenvalue weighted by Gasteiger charge is 2.42. The van der Waals surface area contributed by atoms with Crippen molar-refractivity contribution in [1.29, 1.82) is 0 Å². The second-order valence-electron chi connectivity index (χ2n) is 8.74. The molecule has 37 heavy (non-hydrogen) atoms. The average Bonchev–Trinajstić information content (AvgIpc) is 3.30. The van der Waals surface area contributed by atoms with Gasteiger partial charge in [-0.2, -0.15) is 0 Å². The maximum absolute atomic E-state index is 13.3. The average molecular weight is 531 g/mol. The van der Waals surface area contributed by atoms with Gasteiger partial charge in [0.2, 0.25) is 5.91 Å². The number of nitrogens with zero attached hydrogens (tertiary/aromatic N) is 3. The van der Waals surface area contributed by atoms with Crippen LogP contribution in [0.2, 0.25) is 0 Å². The molecule has 1 atom stereocenters. The van der Waals surface area contributed by atoms with E-state index in [4.69, 9.17) is 23.9 Å². The Balaban J connectivity index is 1.54. The lowest BCUT2D eigenvalue weighted by atomic mass is 9.93. The first kappa shape index (κ1) is 27.2. The number of aliphatic imine (C=N–C) groups is 1. The van der Waals surface area contributed by atoms with Crippen LogP contribution < -0.4 is 10.1 Å². The Morgan fingerprint density at radius 1 is 1.19 bits per heavy atom. The molecule has 0 aromatic heterocycles. The minimum atomic E-state index is -0.555. The van der Waals surface area contributed by atoms with Crippen LogP contribution in [0.15, 0.2) is 51.6 Å². The van der Waals surface area contributed by atoms with E-state index in [0.29, 0.717) is 35.3 Å². The van der Waals surface area contributed by atoms with Crippen molar-refractivity contribution in [1.82, 2.24) is 15.1 Å². The normalized spacial score (nSPS) is 19.8. The van der Waals surface area contributed by atoms with Gasteiger partial charge in [-0.3, -0.25) is 9.69 Å². The fourth-order valence-corrected chi connectivity index (χ4v) is 5.48. The molecule has 11 heteroatoms. The van der Waals surface area contributed by atoms with Crippen molar-refractivity contribution in [3.8, 4) is 5.75 Å². The quantitative estimate of drug-likeness (QED) is 0.341. The third-order valence-corrected chi connectivity index (χ3v) is 7.26. The largest absolute Gasteiger partial charge is 0.496 e. The molecular weight excluding hydrogens is 496 g/mol. The van der Waals surface area contributed by atoms with E-state index in [1.165, 1.54) is 11.8 Å². The van der Waals surface area contributed by atoms with Crippen LogP contribution >= 0.6 is 11.8 Å². The molecule has 1 amide bonds. The minimum absolute atomic E-state index is 0.0874. The van der Waals surface area contributed by atoms with Crippen LogP contribution in [-0.2, 0) is 23.8 Å². The van der Waals surface area contributed by atoms with Crippen molar-refractivity contribution in [2.75, 3.05) is 66.8 Å². The van der Waals surface area contributed by atoms with Crippen molar-refractivity contribution in [2.45, 2.75) is 19.4 Å². The molecule has 0 saturated carbocycles. The summed E-state index contributed by atoms with van der Waals surface area (Å²) in [6, 6.07) is 7.00. The number of ether oxygens (including phenoxy) is 4. The molecule has 10 nitrogen and oxygen atoms in total. The maximum atomic E-state index is 13.3. The van der Waals surface area contributed by atoms with E-state index in [1.54, 1.807) is 21.1 Å². The van der Waals surface area contributed by atoms with E-state index in [2.05, 4.69) is 10.2 Å². The zero-order chi connectivity index (χ0) is 26.2. The smallest absolute Gasteiger partial charge is 0.338 e. The third kappa shape index (κ3) is 6.53. The van der Waals surface area contributed by atoms with Gasteiger partial charge in [0.25, 0.3) is 0 Å². The Morgan fingerprint density at radius 2 is 1.97 bits per heavy atom. The van der Waals surface area contributed by atoms with Gasteiger partial charge in [-0.25, -0.2) is 9.79 Å². The van der Waals surface area contributed by atoms with Crippen molar-refractivity contribution >= 4 is 28.8 Å². The monoisotopic (exact) mass is 530 g/mol. The Morgan fingerprint density at radius 3 is 2.73 bits per heavy atom. The number of morpholine rings is 1. The van der Waals surface area contributed by atoms with Crippen molar-refractivity contribution in [3.05, 3.63) is 52.2 Å². The number of rotatable bonds is 11. The number of amidine groups is 1. The zero-order valence-corrected chi connectivity index (χ0v) is 22.3. The van der Waals surface area contributed by atoms with Gasteiger partial charge in [0.05, 0.1) is 50.7 Å². The van der Waals surface area contributed by atoms with Gasteiger partial charge in [0.1, 0.15) is 12.4 Å². The van der Waals surface area contributed by atoms with Crippen molar-refractivity contribution in [3.63, 3.8) is 0 Å². The number of carbonyl (C=O) groups excluding carboxylic acids is 2. The number of nitrogens with one attached hydrogen (secondary N) is 1. The molecule has 1 aromatic rings. The van der Waals surface area contributed by atoms with Gasteiger partial charge in [0, 0.05) is 44.5 Å². The van der Waals surface area contributed by atoms with Gasteiger partial charge >= 0.3 is 5.97 Å². The summed E-state index contributed by atoms with van der Waals surface area (Å²) in [6.07, 6.45) is 0.159. The Bertz CT molecular complexity index is 1080. The number of esters is 1. The molecule has 3 aliphatic rings. The van der Waals surface area contributed by atoms with Crippen LogP contribution in [0.4, 0.5) is 0 Å².